The number of nitrogens with two attached hydrogens (primary N) is 1. The predicted molar refractivity (Wildman–Crippen MR) is 80.3 cm³/mol. The van der Waals surface area contributed by atoms with Gasteiger partial charge in [-0.1, -0.05) is 22.0 Å². The Bertz CT molecular complexity index is 452. The van der Waals surface area contributed by atoms with Gasteiger partial charge in [0, 0.05) is 30.1 Å². The fraction of sp³-hybridized carbons (Fsp3) is 0.600. The van der Waals surface area contributed by atoms with Crippen LogP contribution in [0.25, 0.3) is 0 Å². The molecule has 2 N–H and O–H groups in total. The first-order chi connectivity index (χ1) is 9.26. The number of halogens is 1. The molecule has 1 aliphatic heterocycles. The van der Waals surface area contributed by atoms with Crippen LogP contribution in [-0.2, 0) is 17.6 Å². The average molecular weight is 325 g/mol. The molecule has 2 atom stereocenters. The molecule has 1 fully saturated rings. The molecular formula is C15H21BrN2O. The van der Waals surface area contributed by atoms with E-state index in [0.29, 0.717) is 12.6 Å². The van der Waals surface area contributed by atoms with E-state index >= 15 is 0 Å². The van der Waals surface area contributed by atoms with Gasteiger partial charge in [0.05, 0.1) is 12.7 Å². The van der Waals surface area contributed by atoms with E-state index in [-0.39, 0.29) is 6.10 Å². The van der Waals surface area contributed by atoms with Crippen molar-refractivity contribution in [2.45, 2.75) is 31.4 Å². The van der Waals surface area contributed by atoms with Crippen LogP contribution in [0.1, 0.15) is 17.5 Å². The third-order valence-electron chi connectivity index (χ3n) is 4.32. The van der Waals surface area contributed by atoms with E-state index in [1.165, 1.54) is 34.9 Å². The van der Waals surface area contributed by atoms with Crippen LogP contribution in [0, 0.1) is 0 Å². The molecule has 1 aromatic carbocycles. The molecule has 2 unspecified atom stereocenters. The number of benzene rings is 1. The highest BCUT2D eigenvalue weighted by molar-refractivity contribution is 9.10. The molecule has 3 nitrogen and oxygen atoms in total. The maximum absolute atomic E-state index is 5.73. The summed E-state index contributed by atoms with van der Waals surface area (Å²) >= 11 is 3.56. The number of fused-ring (bicyclic) bond motifs is 1. The van der Waals surface area contributed by atoms with Crippen molar-refractivity contribution in [1.82, 2.24) is 4.90 Å². The van der Waals surface area contributed by atoms with E-state index in [1.807, 2.05) is 0 Å². The molecule has 1 heterocycles. The molecular weight excluding hydrogens is 304 g/mol. The lowest BCUT2D eigenvalue weighted by Gasteiger charge is -2.40. The SMILES string of the molecule is NCC1CN(C2CCc3cc(Br)ccc3C2)CCO1. The highest BCUT2D eigenvalue weighted by Gasteiger charge is 2.28. The van der Waals surface area contributed by atoms with Crippen molar-refractivity contribution in [3.05, 3.63) is 33.8 Å². The number of hydrogen-bond acceptors (Lipinski definition) is 3. The van der Waals surface area contributed by atoms with Crippen LogP contribution in [0.2, 0.25) is 0 Å². The third-order valence-corrected chi connectivity index (χ3v) is 4.81. The standard InChI is InChI=1S/C15H21BrN2O/c16-13-3-1-12-8-14(4-2-11(12)7-13)18-5-6-19-15(9-17)10-18/h1,3,7,14-15H,2,4-6,8-10,17H2. The minimum absolute atomic E-state index is 0.222. The molecule has 1 saturated heterocycles. The predicted octanol–water partition coefficient (Wildman–Crippen LogP) is 1.97. The third kappa shape index (κ3) is 3.02. The zero-order chi connectivity index (χ0) is 13.2. The Morgan fingerprint density at radius 3 is 3.11 bits per heavy atom. The summed E-state index contributed by atoms with van der Waals surface area (Å²) in [7, 11) is 0. The minimum Gasteiger partial charge on any atom is -0.374 e. The van der Waals surface area contributed by atoms with Crippen LogP contribution < -0.4 is 5.73 Å². The van der Waals surface area contributed by atoms with Gasteiger partial charge < -0.3 is 10.5 Å². The molecule has 1 aliphatic carbocycles. The fourth-order valence-corrected chi connectivity index (χ4v) is 3.64. The van der Waals surface area contributed by atoms with Crippen molar-refractivity contribution in [2.75, 3.05) is 26.2 Å². The summed E-state index contributed by atoms with van der Waals surface area (Å²) in [6.45, 7) is 3.50. The van der Waals surface area contributed by atoms with Gasteiger partial charge in [-0.15, -0.1) is 0 Å². The molecule has 19 heavy (non-hydrogen) atoms. The van der Waals surface area contributed by atoms with E-state index < -0.39 is 0 Å². The summed E-state index contributed by atoms with van der Waals surface area (Å²) in [6.07, 6.45) is 3.82. The van der Waals surface area contributed by atoms with Crippen LogP contribution >= 0.6 is 15.9 Å². The lowest BCUT2D eigenvalue weighted by atomic mass is 9.87. The second kappa shape index (κ2) is 5.92. The van der Waals surface area contributed by atoms with Crippen LogP contribution in [0.3, 0.4) is 0 Å². The quantitative estimate of drug-likeness (QED) is 0.903. The second-order valence-electron chi connectivity index (χ2n) is 5.53. The van der Waals surface area contributed by atoms with Gasteiger partial charge in [0.25, 0.3) is 0 Å². The minimum atomic E-state index is 0.222. The van der Waals surface area contributed by atoms with Crippen molar-refractivity contribution >= 4 is 15.9 Å². The average Bonchev–Trinajstić information content (AvgIpc) is 2.46. The Morgan fingerprint density at radius 2 is 2.26 bits per heavy atom. The number of aryl methyl sites for hydroxylation is 1. The maximum Gasteiger partial charge on any atom is 0.0824 e. The summed E-state index contributed by atoms with van der Waals surface area (Å²) in [5, 5.41) is 0. The van der Waals surface area contributed by atoms with E-state index in [9.17, 15) is 0 Å². The number of morpholine rings is 1. The Balaban J connectivity index is 1.69. The van der Waals surface area contributed by atoms with Gasteiger partial charge in [0.15, 0.2) is 0 Å². The van der Waals surface area contributed by atoms with Crippen molar-refractivity contribution in [3.8, 4) is 0 Å². The van der Waals surface area contributed by atoms with Crippen molar-refractivity contribution in [2.24, 2.45) is 5.73 Å². The first-order valence-electron chi connectivity index (χ1n) is 7.09. The topological polar surface area (TPSA) is 38.5 Å². The molecule has 0 bridgehead atoms. The van der Waals surface area contributed by atoms with Gasteiger partial charge in [0.2, 0.25) is 0 Å². The van der Waals surface area contributed by atoms with Crippen molar-refractivity contribution < 1.29 is 4.74 Å². The summed E-state index contributed by atoms with van der Waals surface area (Å²) < 4.78 is 6.85. The summed E-state index contributed by atoms with van der Waals surface area (Å²) in [4.78, 5) is 2.58. The number of ether oxygens (including phenoxy) is 1. The first kappa shape index (κ1) is 13.6. The van der Waals surface area contributed by atoms with Crippen LogP contribution in [0.4, 0.5) is 0 Å². The van der Waals surface area contributed by atoms with Gasteiger partial charge >= 0.3 is 0 Å². The monoisotopic (exact) mass is 324 g/mol. The van der Waals surface area contributed by atoms with Gasteiger partial charge in [-0.2, -0.15) is 0 Å². The molecule has 1 aromatic rings. The van der Waals surface area contributed by atoms with E-state index in [1.54, 1.807) is 0 Å². The Hall–Kier alpha value is -0.420. The zero-order valence-electron chi connectivity index (χ0n) is 11.1. The Morgan fingerprint density at radius 1 is 1.37 bits per heavy atom. The fourth-order valence-electron chi connectivity index (χ4n) is 3.23. The van der Waals surface area contributed by atoms with Crippen LogP contribution in [0.15, 0.2) is 22.7 Å². The highest BCUT2D eigenvalue weighted by atomic mass is 79.9. The smallest absolute Gasteiger partial charge is 0.0824 e. The molecule has 0 saturated carbocycles. The number of nitrogens with zero attached hydrogens (tertiary/aromatic N) is 1. The van der Waals surface area contributed by atoms with Gasteiger partial charge in [-0.3, -0.25) is 4.90 Å². The van der Waals surface area contributed by atoms with E-state index in [0.717, 1.165) is 19.7 Å². The number of rotatable bonds is 2. The summed E-state index contributed by atoms with van der Waals surface area (Å²) in [5.74, 6) is 0. The largest absolute Gasteiger partial charge is 0.374 e. The maximum atomic E-state index is 5.73. The van der Waals surface area contributed by atoms with Crippen LogP contribution in [-0.4, -0.2) is 43.3 Å². The lowest BCUT2D eigenvalue weighted by Crippen LogP contribution is -2.51. The molecule has 0 aromatic heterocycles. The van der Waals surface area contributed by atoms with Gasteiger partial charge in [-0.25, -0.2) is 0 Å². The first-order valence-corrected chi connectivity index (χ1v) is 7.88. The molecule has 0 spiro atoms. The normalized spacial score (nSPS) is 28.1. The molecule has 0 amide bonds. The van der Waals surface area contributed by atoms with Crippen LogP contribution in [0.5, 0.6) is 0 Å². The molecule has 2 aliphatic rings. The Kier molecular flexibility index (Phi) is 4.22. The van der Waals surface area contributed by atoms with E-state index in [4.69, 9.17) is 10.5 Å². The summed E-state index contributed by atoms with van der Waals surface area (Å²) in [5.41, 5.74) is 8.75. The molecule has 0 radical (unpaired) electrons. The lowest BCUT2D eigenvalue weighted by molar-refractivity contribution is -0.0402. The molecule has 3 rings (SSSR count). The van der Waals surface area contributed by atoms with Crippen molar-refractivity contribution in [1.29, 1.82) is 0 Å². The number of hydrogen-bond donors (Lipinski definition) is 1. The van der Waals surface area contributed by atoms with Gasteiger partial charge in [0.1, 0.15) is 0 Å². The zero-order valence-corrected chi connectivity index (χ0v) is 12.7. The second-order valence-corrected chi connectivity index (χ2v) is 6.45. The van der Waals surface area contributed by atoms with Crippen molar-refractivity contribution in [3.63, 3.8) is 0 Å². The molecule has 104 valence electrons. The van der Waals surface area contributed by atoms with Gasteiger partial charge in [-0.05, 0) is 42.5 Å². The summed E-state index contributed by atoms with van der Waals surface area (Å²) in [6, 6.07) is 7.36. The Labute approximate surface area is 123 Å². The van der Waals surface area contributed by atoms with E-state index in [2.05, 4.69) is 39.0 Å². The molecule has 4 heteroatoms. The highest BCUT2D eigenvalue weighted by Crippen LogP contribution is 2.27.